The third-order valence-electron chi connectivity index (χ3n) is 7.07. The summed E-state index contributed by atoms with van der Waals surface area (Å²) in [5, 5.41) is 21.7. The minimum atomic E-state index is -1.46. The van der Waals surface area contributed by atoms with Crippen molar-refractivity contribution in [1.29, 1.82) is 0 Å². The van der Waals surface area contributed by atoms with Gasteiger partial charge in [0, 0.05) is 23.9 Å². The Hall–Kier alpha value is -3.89. The molecular weight excluding hydrogens is 468 g/mol. The van der Waals surface area contributed by atoms with Gasteiger partial charge in [-0.1, -0.05) is 32.0 Å². The van der Waals surface area contributed by atoms with E-state index in [1.165, 1.54) is 4.90 Å². The van der Waals surface area contributed by atoms with Crippen LogP contribution in [-0.4, -0.2) is 73.4 Å². The summed E-state index contributed by atoms with van der Waals surface area (Å²) in [7, 11) is 0. The van der Waals surface area contributed by atoms with E-state index in [-0.39, 0.29) is 18.8 Å². The highest BCUT2D eigenvalue weighted by Gasteiger charge is 2.60. The normalized spacial score (nSPS) is 20.9. The lowest BCUT2D eigenvalue weighted by Gasteiger charge is -2.36. The molecule has 0 unspecified atom stereocenters. The molecule has 1 fully saturated rings. The molecule has 0 aliphatic carbocycles. The standard InChI is InChI=1S/C25H30N4O7/c1-13(2)12-18(21(32)27-17(22(33)34)8-9-19(30)31)29-23(35)25(3)20-15(10-11-28(25)24(29)36)14-6-4-5-7-16(14)26-20/h4-7,13,17-18,26H,8-12H2,1-3H3,(H,27,32)(H,30,31)(H,33,34)/t17-,18-,25-/m0/s1. The van der Waals surface area contributed by atoms with Gasteiger partial charge in [-0.2, -0.15) is 0 Å². The number of hydrogen-bond acceptors (Lipinski definition) is 5. The molecule has 4 amide bonds. The Morgan fingerprint density at radius 2 is 1.86 bits per heavy atom. The molecule has 0 radical (unpaired) electrons. The Morgan fingerprint density at radius 1 is 1.17 bits per heavy atom. The molecule has 11 heteroatoms. The Bertz CT molecular complexity index is 1250. The van der Waals surface area contributed by atoms with Gasteiger partial charge in [-0.3, -0.25) is 14.4 Å². The number of aromatic amines is 1. The van der Waals surface area contributed by atoms with Gasteiger partial charge < -0.3 is 25.4 Å². The molecule has 3 heterocycles. The number of carboxylic acids is 2. The van der Waals surface area contributed by atoms with Crippen molar-refractivity contribution in [1.82, 2.24) is 20.1 Å². The summed E-state index contributed by atoms with van der Waals surface area (Å²) in [6.45, 7) is 5.61. The number of nitrogens with zero attached hydrogens (tertiary/aromatic N) is 2. The van der Waals surface area contributed by atoms with Crippen LogP contribution in [0.15, 0.2) is 24.3 Å². The number of nitrogens with one attached hydrogen (secondary N) is 2. The summed E-state index contributed by atoms with van der Waals surface area (Å²) < 4.78 is 0. The van der Waals surface area contributed by atoms with Gasteiger partial charge in [-0.15, -0.1) is 0 Å². The number of H-pyrrole nitrogens is 1. The molecule has 11 nitrogen and oxygen atoms in total. The lowest BCUT2D eigenvalue weighted by Crippen LogP contribution is -2.54. The molecule has 2 aliphatic heterocycles. The number of rotatable bonds is 9. The number of carboxylic acid groups (broad SMARTS) is 2. The van der Waals surface area contributed by atoms with Gasteiger partial charge in [0.2, 0.25) is 5.91 Å². The van der Waals surface area contributed by atoms with Crippen LogP contribution in [0, 0.1) is 5.92 Å². The zero-order valence-corrected chi connectivity index (χ0v) is 20.4. The van der Waals surface area contributed by atoms with Gasteiger partial charge in [-0.25, -0.2) is 14.5 Å². The fraction of sp³-hybridized carbons (Fsp3) is 0.480. The largest absolute Gasteiger partial charge is 0.481 e. The van der Waals surface area contributed by atoms with Crippen molar-refractivity contribution >= 4 is 40.7 Å². The number of amides is 4. The van der Waals surface area contributed by atoms with Gasteiger partial charge in [0.15, 0.2) is 5.54 Å². The Kier molecular flexibility index (Phi) is 6.50. The molecule has 1 aromatic heterocycles. The molecule has 192 valence electrons. The highest BCUT2D eigenvalue weighted by molar-refractivity contribution is 6.11. The first-order valence-corrected chi connectivity index (χ1v) is 12.0. The van der Waals surface area contributed by atoms with Crippen molar-refractivity contribution in [2.45, 2.75) is 64.1 Å². The number of carbonyl (C=O) groups excluding carboxylic acids is 3. The number of carbonyl (C=O) groups is 5. The second-order valence-electron chi connectivity index (χ2n) is 9.93. The maximum Gasteiger partial charge on any atom is 0.328 e. The minimum Gasteiger partial charge on any atom is -0.481 e. The van der Waals surface area contributed by atoms with Gasteiger partial charge in [0.1, 0.15) is 12.1 Å². The summed E-state index contributed by atoms with van der Waals surface area (Å²) in [6, 6.07) is 4.33. The Morgan fingerprint density at radius 3 is 2.50 bits per heavy atom. The van der Waals surface area contributed by atoms with Crippen LogP contribution < -0.4 is 5.32 Å². The summed E-state index contributed by atoms with van der Waals surface area (Å²) in [6.07, 6.45) is -0.116. The molecule has 1 saturated heterocycles. The molecule has 1 aromatic carbocycles. The van der Waals surface area contributed by atoms with Crippen LogP contribution in [0.2, 0.25) is 0 Å². The number of para-hydroxylation sites is 1. The number of aromatic nitrogens is 1. The van der Waals surface area contributed by atoms with E-state index >= 15 is 0 Å². The summed E-state index contributed by atoms with van der Waals surface area (Å²) in [4.78, 5) is 69.1. The molecule has 2 aliphatic rings. The molecule has 0 spiro atoms. The number of imide groups is 1. The molecule has 0 bridgehead atoms. The van der Waals surface area contributed by atoms with E-state index in [1.54, 1.807) is 6.92 Å². The summed E-state index contributed by atoms with van der Waals surface area (Å²) in [5.41, 5.74) is 1.08. The number of urea groups is 1. The molecule has 3 atom stereocenters. The van der Waals surface area contributed by atoms with Crippen LogP contribution in [0.4, 0.5) is 4.79 Å². The van der Waals surface area contributed by atoms with Crippen molar-refractivity contribution < 1.29 is 34.2 Å². The fourth-order valence-electron chi connectivity index (χ4n) is 5.26. The van der Waals surface area contributed by atoms with Crippen LogP contribution in [0.1, 0.15) is 51.3 Å². The first-order valence-electron chi connectivity index (χ1n) is 12.0. The van der Waals surface area contributed by atoms with Gasteiger partial charge in [0.05, 0.1) is 5.69 Å². The molecular formula is C25H30N4O7. The molecule has 4 rings (SSSR count). The third kappa shape index (κ3) is 4.08. The first kappa shape index (κ1) is 25.2. The van der Waals surface area contributed by atoms with E-state index in [4.69, 9.17) is 5.11 Å². The first-order chi connectivity index (χ1) is 17.0. The Balaban J connectivity index is 1.69. The predicted octanol–water partition coefficient (Wildman–Crippen LogP) is 2.05. The van der Waals surface area contributed by atoms with Crippen molar-refractivity contribution in [3.63, 3.8) is 0 Å². The number of hydrogen-bond donors (Lipinski definition) is 4. The van der Waals surface area contributed by atoms with Crippen LogP contribution in [0.25, 0.3) is 10.9 Å². The third-order valence-corrected chi connectivity index (χ3v) is 7.07. The summed E-state index contributed by atoms with van der Waals surface area (Å²) in [5.74, 6) is -4.04. The number of benzene rings is 1. The van der Waals surface area contributed by atoms with E-state index in [0.717, 1.165) is 21.4 Å². The lowest BCUT2D eigenvalue weighted by atomic mass is 9.86. The van der Waals surface area contributed by atoms with Crippen LogP contribution in [0.5, 0.6) is 0 Å². The minimum absolute atomic E-state index is 0.0993. The SMILES string of the molecule is CC(C)C[C@@H](C(=O)N[C@@H](CCC(=O)O)C(=O)O)N1C(=O)N2CCc3c([nH]c4ccccc34)[C@@]2(C)C1=O. The zero-order chi connectivity index (χ0) is 26.4. The van der Waals surface area contributed by atoms with Crippen LogP contribution in [-0.2, 0) is 31.1 Å². The maximum absolute atomic E-state index is 13.9. The zero-order valence-electron chi connectivity index (χ0n) is 20.4. The molecule has 4 N–H and O–H groups in total. The van der Waals surface area contributed by atoms with Gasteiger partial charge in [-0.05, 0) is 43.7 Å². The van der Waals surface area contributed by atoms with E-state index in [1.807, 2.05) is 38.1 Å². The van der Waals surface area contributed by atoms with Crippen molar-refractivity contribution in [3.8, 4) is 0 Å². The fourth-order valence-corrected chi connectivity index (χ4v) is 5.26. The number of aliphatic carboxylic acids is 2. The van der Waals surface area contributed by atoms with Crippen molar-refractivity contribution in [2.24, 2.45) is 5.92 Å². The monoisotopic (exact) mass is 498 g/mol. The Labute approximate surface area is 207 Å². The lowest BCUT2D eigenvalue weighted by molar-refractivity contribution is -0.144. The van der Waals surface area contributed by atoms with Crippen molar-refractivity contribution in [2.75, 3.05) is 6.54 Å². The topological polar surface area (TPSA) is 160 Å². The van der Waals surface area contributed by atoms with E-state index in [0.29, 0.717) is 18.7 Å². The van der Waals surface area contributed by atoms with Crippen LogP contribution in [0.3, 0.4) is 0 Å². The average molecular weight is 499 g/mol. The van der Waals surface area contributed by atoms with E-state index < -0.39 is 53.8 Å². The molecule has 36 heavy (non-hydrogen) atoms. The quantitative estimate of drug-likeness (QED) is 0.385. The van der Waals surface area contributed by atoms with Gasteiger partial charge in [0.25, 0.3) is 5.91 Å². The second kappa shape index (κ2) is 9.29. The highest BCUT2D eigenvalue weighted by atomic mass is 16.4. The molecule has 2 aromatic rings. The maximum atomic E-state index is 13.9. The smallest absolute Gasteiger partial charge is 0.328 e. The van der Waals surface area contributed by atoms with Crippen molar-refractivity contribution in [3.05, 3.63) is 35.5 Å². The predicted molar refractivity (Wildman–Crippen MR) is 128 cm³/mol. The average Bonchev–Trinajstić information content (AvgIpc) is 3.28. The number of fused-ring (bicyclic) bond motifs is 5. The van der Waals surface area contributed by atoms with Gasteiger partial charge >= 0.3 is 18.0 Å². The summed E-state index contributed by atoms with van der Waals surface area (Å²) >= 11 is 0. The molecule has 0 saturated carbocycles. The van der Waals surface area contributed by atoms with Crippen LogP contribution >= 0.6 is 0 Å². The second-order valence-corrected chi connectivity index (χ2v) is 9.93. The highest BCUT2D eigenvalue weighted by Crippen LogP contribution is 2.45. The van der Waals surface area contributed by atoms with E-state index in [9.17, 15) is 29.1 Å². The van der Waals surface area contributed by atoms with E-state index in [2.05, 4.69) is 10.3 Å².